The van der Waals surface area contributed by atoms with Gasteiger partial charge in [-0.2, -0.15) is 4.99 Å². The molecule has 0 saturated carbocycles. The van der Waals surface area contributed by atoms with Crippen molar-refractivity contribution in [3.63, 3.8) is 0 Å². The van der Waals surface area contributed by atoms with E-state index in [1.807, 2.05) is 30.3 Å². The number of amides is 1. The topological polar surface area (TPSA) is 141 Å². The Bertz CT molecular complexity index is 1220. The quantitative estimate of drug-likeness (QED) is 0.410. The number of fused-ring (bicyclic) bond motifs is 1. The molecule has 1 heterocycles. The molecule has 1 unspecified atom stereocenters. The van der Waals surface area contributed by atoms with Crippen molar-refractivity contribution in [1.29, 1.82) is 0 Å². The van der Waals surface area contributed by atoms with E-state index < -0.39 is 21.2 Å². The average molecular weight is 426 g/mol. The number of hydrogen-bond donors (Lipinski definition) is 3. The monoisotopic (exact) mass is 425 g/mol. The molecule has 2 aromatic carbocycles. The van der Waals surface area contributed by atoms with E-state index >= 15 is 0 Å². The maximum Gasteiger partial charge on any atom is 0.280 e. The Morgan fingerprint density at radius 3 is 2.47 bits per heavy atom. The van der Waals surface area contributed by atoms with Crippen molar-refractivity contribution in [3.8, 4) is 11.3 Å². The fraction of sp³-hybridized carbons (Fsp3) is 0.190. The number of benzene rings is 2. The first-order chi connectivity index (χ1) is 14.2. The lowest BCUT2D eigenvalue weighted by Crippen LogP contribution is -2.25. The van der Waals surface area contributed by atoms with Crippen LogP contribution in [-0.2, 0) is 10.0 Å². The molecule has 0 bridgehead atoms. The molecule has 3 rings (SSSR count). The van der Waals surface area contributed by atoms with Crippen LogP contribution in [0, 0.1) is 0 Å². The van der Waals surface area contributed by atoms with Crippen molar-refractivity contribution in [2.24, 2.45) is 16.5 Å². The van der Waals surface area contributed by atoms with Crippen LogP contribution < -0.4 is 16.2 Å². The summed E-state index contributed by atoms with van der Waals surface area (Å²) in [5.41, 5.74) is 12.9. The number of carbonyl (C=O) groups is 1. The van der Waals surface area contributed by atoms with Gasteiger partial charge in [0.25, 0.3) is 5.91 Å². The predicted molar refractivity (Wildman–Crippen MR) is 120 cm³/mol. The number of rotatable bonds is 6. The number of carbonyl (C=O) groups excluding carboxylic acids is 1. The van der Waals surface area contributed by atoms with Crippen molar-refractivity contribution in [3.05, 3.63) is 60.2 Å². The molecule has 3 aromatic rings. The van der Waals surface area contributed by atoms with Crippen LogP contribution in [0.2, 0.25) is 0 Å². The molecule has 0 spiro atoms. The summed E-state index contributed by atoms with van der Waals surface area (Å²) < 4.78 is 27.9. The summed E-state index contributed by atoms with van der Waals surface area (Å²) >= 11 is 0. The summed E-state index contributed by atoms with van der Waals surface area (Å²) in [7, 11) is -3.63. The molecule has 0 saturated heterocycles. The second-order valence-corrected chi connectivity index (χ2v) is 8.93. The van der Waals surface area contributed by atoms with Gasteiger partial charge in [-0.05, 0) is 25.5 Å². The molecule has 0 aliphatic rings. The second-order valence-electron chi connectivity index (χ2n) is 6.83. The molecule has 0 fully saturated rings. The normalized spacial score (nSPS) is 12.3. The Hall–Kier alpha value is -3.46. The zero-order valence-electron chi connectivity index (χ0n) is 16.7. The summed E-state index contributed by atoms with van der Waals surface area (Å²) in [6, 6.07) is 15.8. The molecular formula is C21H23N5O3S. The number of aliphatic imine (C=N–C) groups is 1. The van der Waals surface area contributed by atoms with Gasteiger partial charge >= 0.3 is 0 Å². The highest BCUT2D eigenvalue weighted by Crippen LogP contribution is 2.30. The fourth-order valence-electron chi connectivity index (χ4n) is 2.92. The number of sulfonamides is 1. The summed E-state index contributed by atoms with van der Waals surface area (Å²) in [6.07, 6.45) is 0.455. The lowest BCUT2D eigenvalue weighted by atomic mass is 10.0. The van der Waals surface area contributed by atoms with Gasteiger partial charge < -0.3 is 11.5 Å². The number of pyridine rings is 1. The molecule has 5 N–H and O–H groups in total. The average Bonchev–Trinajstić information content (AvgIpc) is 2.72. The summed E-state index contributed by atoms with van der Waals surface area (Å²) in [4.78, 5) is 21.0. The van der Waals surface area contributed by atoms with Crippen molar-refractivity contribution in [2.75, 3.05) is 4.72 Å². The van der Waals surface area contributed by atoms with Gasteiger partial charge in [0.15, 0.2) is 5.96 Å². The van der Waals surface area contributed by atoms with Crippen LogP contribution in [-0.4, -0.2) is 30.5 Å². The third-order valence-corrected chi connectivity index (χ3v) is 6.62. The van der Waals surface area contributed by atoms with Crippen LogP contribution in [0.15, 0.2) is 59.6 Å². The van der Waals surface area contributed by atoms with Gasteiger partial charge in [-0.15, -0.1) is 0 Å². The standard InChI is InChI=1S/C21H23N5O3S/c1-3-13(2)30(28,29)26-17-11-7-10-15-16(20(27)25-21(22)23)12-18(24-19(15)17)14-8-5-4-6-9-14/h4-13,26H,3H2,1-2H3,(H4,22,23,25,27). The molecule has 156 valence electrons. The molecule has 9 heteroatoms. The Kier molecular flexibility index (Phi) is 6.02. The van der Waals surface area contributed by atoms with Gasteiger partial charge in [-0.3, -0.25) is 9.52 Å². The minimum atomic E-state index is -3.63. The van der Waals surface area contributed by atoms with Crippen LogP contribution in [0.5, 0.6) is 0 Å². The smallest absolute Gasteiger partial charge is 0.280 e. The van der Waals surface area contributed by atoms with E-state index in [1.54, 1.807) is 38.1 Å². The van der Waals surface area contributed by atoms with E-state index in [0.717, 1.165) is 5.56 Å². The maximum absolute atomic E-state index is 12.7. The van der Waals surface area contributed by atoms with Gasteiger partial charge in [0.1, 0.15) is 0 Å². The van der Waals surface area contributed by atoms with Crippen molar-refractivity contribution < 1.29 is 13.2 Å². The molecule has 30 heavy (non-hydrogen) atoms. The lowest BCUT2D eigenvalue weighted by molar-refractivity contribution is 0.100. The van der Waals surface area contributed by atoms with Crippen molar-refractivity contribution >= 4 is 38.5 Å². The van der Waals surface area contributed by atoms with Crippen LogP contribution in [0.1, 0.15) is 30.6 Å². The van der Waals surface area contributed by atoms with Crippen LogP contribution >= 0.6 is 0 Å². The number of nitrogens with one attached hydrogen (secondary N) is 1. The van der Waals surface area contributed by atoms with Crippen LogP contribution in [0.25, 0.3) is 22.2 Å². The first-order valence-corrected chi connectivity index (χ1v) is 10.9. The van der Waals surface area contributed by atoms with E-state index in [2.05, 4.69) is 14.7 Å². The number of guanidine groups is 1. The van der Waals surface area contributed by atoms with E-state index in [4.69, 9.17) is 11.5 Å². The number of nitrogens with zero attached hydrogens (tertiary/aromatic N) is 2. The summed E-state index contributed by atoms with van der Waals surface area (Å²) in [5, 5.41) is -0.151. The SMILES string of the molecule is CCC(C)S(=O)(=O)Nc1cccc2c(C(=O)N=C(N)N)cc(-c3ccccc3)nc12. The van der Waals surface area contributed by atoms with E-state index in [1.165, 1.54) is 0 Å². The third kappa shape index (κ3) is 4.41. The highest BCUT2D eigenvalue weighted by atomic mass is 32.2. The molecule has 0 aliphatic heterocycles. The highest BCUT2D eigenvalue weighted by Gasteiger charge is 2.22. The number of aromatic nitrogens is 1. The van der Waals surface area contributed by atoms with Gasteiger partial charge in [0, 0.05) is 10.9 Å². The fourth-order valence-corrected chi connectivity index (χ4v) is 4.03. The zero-order valence-corrected chi connectivity index (χ0v) is 17.5. The van der Waals surface area contributed by atoms with E-state index in [-0.39, 0.29) is 17.2 Å². The van der Waals surface area contributed by atoms with E-state index in [0.29, 0.717) is 23.0 Å². The number of nitrogens with two attached hydrogens (primary N) is 2. The predicted octanol–water partition coefficient (Wildman–Crippen LogP) is 2.86. The Labute approximate surface area is 175 Å². The summed E-state index contributed by atoms with van der Waals surface area (Å²) in [6.45, 7) is 3.43. The van der Waals surface area contributed by atoms with E-state index in [9.17, 15) is 13.2 Å². The van der Waals surface area contributed by atoms with Gasteiger partial charge in [-0.25, -0.2) is 13.4 Å². The van der Waals surface area contributed by atoms with Crippen LogP contribution in [0.4, 0.5) is 5.69 Å². The minimum Gasteiger partial charge on any atom is -0.370 e. The Balaban J connectivity index is 2.28. The molecule has 0 radical (unpaired) electrons. The van der Waals surface area contributed by atoms with Gasteiger partial charge in [0.2, 0.25) is 10.0 Å². The molecule has 1 aromatic heterocycles. The Morgan fingerprint density at radius 2 is 1.83 bits per heavy atom. The second kappa shape index (κ2) is 8.50. The first kappa shape index (κ1) is 21.3. The number of hydrogen-bond acceptors (Lipinski definition) is 4. The Morgan fingerprint density at radius 1 is 1.13 bits per heavy atom. The first-order valence-electron chi connectivity index (χ1n) is 9.37. The molecular weight excluding hydrogens is 402 g/mol. The third-order valence-electron chi connectivity index (χ3n) is 4.73. The van der Waals surface area contributed by atoms with Crippen molar-refractivity contribution in [1.82, 2.24) is 4.98 Å². The van der Waals surface area contributed by atoms with Gasteiger partial charge in [0.05, 0.1) is 27.7 Å². The molecule has 1 atom stereocenters. The van der Waals surface area contributed by atoms with Gasteiger partial charge in [-0.1, -0.05) is 49.4 Å². The van der Waals surface area contributed by atoms with Crippen molar-refractivity contribution in [2.45, 2.75) is 25.5 Å². The number of para-hydroxylation sites is 1. The maximum atomic E-state index is 12.7. The largest absolute Gasteiger partial charge is 0.370 e. The minimum absolute atomic E-state index is 0.219. The molecule has 8 nitrogen and oxygen atoms in total. The molecule has 0 aliphatic carbocycles. The zero-order chi connectivity index (χ0) is 21.9. The summed E-state index contributed by atoms with van der Waals surface area (Å²) in [5.74, 6) is -0.999. The van der Waals surface area contributed by atoms with Crippen LogP contribution in [0.3, 0.4) is 0 Å². The highest BCUT2D eigenvalue weighted by molar-refractivity contribution is 7.93. The lowest BCUT2D eigenvalue weighted by Gasteiger charge is -2.16. The number of anilines is 1. The molecule has 1 amide bonds.